The van der Waals surface area contributed by atoms with Gasteiger partial charge in [-0.3, -0.25) is 9.78 Å². The number of methoxy groups -OCH3 is 1. The van der Waals surface area contributed by atoms with Crippen molar-refractivity contribution in [3.63, 3.8) is 0 Å². The lowest BCUT2D eigenvalue weighted by Gasteiger charge is -2.12. The largest absolute Gasteiger partial charge is 0.496 e. The number of ether oxygens (including phenoxy) is 1. The van der Waals surface area contributed by atoms with Crippen molar-refractivity contribution in [1.82, 2.24) is 15.3 Å². The van der Waals surface area contributed by atoms with Crippen LogP contribution in [-0.2, 0) is 6.54 Å². The molecule has 0 fully saturated rings. The number of amides is 1. The average molecular weight is 448 g/mol. The van der Waals surface area contributed by atoms with E-state index in [1.807, 2.05) is 60.7 Å². The van der Waals surface area contributed by atoms with Crippen LogP contribution in [0.5, 0.6) is 5.75 Å². The number of aromatic nitrogens is 2. The van der Waals surface area contributed by atoms with Gasteiger partial charge in [0.15, 0.2) is 0 Å². The van der Waals surface area contributed by atoms with E-state index in [1.165, 1.54) is 0 Å². The van der Waals surface area contributed by atoms with Crippen molar-refractivity contribution in [2.75, 3.05) is 7.11 Å². The quantitative estimate of drug-likeness (QED) is 0.467. The Morgan fingerprint density at radius 3 is 2.76 bits per heavy atom. The van der Waals surface area contributed by atoms with Gasteiger partial charge in [0.1, 0.15) is 5.75 Å². The number of hydrogen-bond acceptors (Lipinski definition) is 4. The first-order chi connectivity index (χ1) is 14.2. The molecule has 0 aliphatic carbocycles. The molecule has 29 heavy (non-hydrogen) atoms. The monoisotopic (exact) mass is 447 g/mol. The second-order valence-corrected chi connectivity index (χ2v) is 7.37. The van der Waals surface area contributed by atoms with E-state index in [0.29, 0.717) is 17.8 Å². The van der Waals surface area contributed by atoms with Crippen LogP contribution in [0.1, 0.15) is 15.9 Å². The van der Waals surface area contributed by atoms with E-state index in [-0.39, 0.29) is 5.91 Å². The molecule has 0 bridgehead atoms. The molecule has 4 aromatic rings. The number of hydrogen-bond donors (Lipinski definition) is 1. The third-order valence-electron chi connectivity index (χ3n) is 4.60. The van der Waals surface area contributed by atoms with Crippen LogP contribution in [0.15, 0.2) is 77.5 Å². The lowest BCUT2D eigenvalue weighted by atomic mass is 10.0. The van der Waals surface area contributed by atoms with Crippen LogP contribution in [0.2, 0.25) is 0 Å². The number of benzene rings is 2. The normalized spacial score (nSPS) is 10.7. The van der Waals surface area contributed by atoms with Crippen LogP contribution in [-0.4, -0.2) is 23.0 Å². The fraction of sp³-hybridized carbons (Fsp3) is 0.0870. The zero-order chi connectivity index (χ0) is 20.2. The van der Waals surface area contributed by atoms with Gasteiger partial charge in [-0.05, 0) is 42.5 Å². The first kappa shape index (κ1) is 19.1. The Labute approximate surface area is 176 Å². The predicted molar refractivity (Wildman–Crippen MR) is 117 cm³/mol. The third kappa shape index (κ3) is 4.12. The Kier molecular flexibility index (Phi) is 5.53. The molecule has 1 amide bonds. The molecular formula is C23H18BrN3O2. The molecule has 6 heteroatoms. The van der Waals surface area contributed by atoms with Gasteiger partial charge in [-0.2, -0.15) is 0 Å². The molecule has 144 valence electrons. The Hall–Kier alpha value is -3.25. The molecule has 0 unspecified atom stereocenters. The van der Waals surface area contributed by atoms with Crippen LogP contribution in [0.3, 0.4) is 0 Å². The summed E-state index contributed by atoms with van der Waals surface area (Å²) in [5, 5.41) is 3.78. The maximum atomic E-state index is 13.1. The van der Waals surface area contributed by atoms with Crippen molar-refractivity contribution in [3.05, 3.63) is 88.7 Å². The van der Waals surface area contributed by atoms with Crippen molar-refractivity contribution >= 4 is 32.7 Å². The topological polar surface area (TPSA) is 64.1 Å². The number of carbonyl (C=O) groups excluding carboxylic acids is 1. The van der Waals surface area contributed by atoms with Crippen molar-refractivity contribution in [2.45, 2.75) is 6.54 Å². The molecule has 2 aromatic heterocycles. The van der Waals surface area contributed by atoms with Gasteiger partial charge in [0, 0.05) is 39.9 Å². The van der Waals surface area contributed by atoms with Crippen molar-refractivity contribution in [2.24, 2.45) is 0 Å². The van der Waals surface area contributed by atoms with Gasteiger partial charge in [-0.1, -0.05) is 34.1 Å². The minimum Gasteiger partial charge on any atom is -0.496 e. The lowest BCUT2D eigenvalue weighted by Crippen LogP contribution is -2.23. The van der Waals surface area contributed by atoms with Crippen LogP contribution < -0.4 is 10.1 Å². The number of fused-ring (bicyclic) bond motifs is 1. The molecule has 4 rings (SSSR count). The Morgan fingerprint density at radius 2 is 1.97 bits per heavy atom. The van der Waals surface area contributed by atoms with E-state index >= 15 is 0 Å². The molecule has 0 aliphatic heterocycles. The summed E-state index contributed by atoms with van der Waals surface area (Å²) in [5.41, 5.74) is 3.78. The number of nitrogens with zero attached hydrogens (tertiary/aromatic N) is 2. The summed E-state index contributed by atoms with van der Waals surface area (Å²) in [6.07, 6.45) is 3.45. The molecule has 5 nitrogen and oxygen atoms in total. The van der Waals surface area contributed by atoms with Crippen molar-refractivity contribution in [3.8, 4) is 17.0 Å². The summed E-state index contributed by atoms with van der Waals surface area (Å²) in [6, 6.07) is 18.9. The Bertz CT molecular complexity index is 1180. The van der Waals surface area contributed by atoms with E-state index in [0.717, 1.165) is 32.3 Å². The van der Waals surface area contributed by atoms with Gasteiger partial charge in [0.05, 0.1) is 23.9 Å². The molecule has 2 aromatic carbocycles. The molecule has 0 aliphatic rings. The number of carbonyl (C=O) groups is 1. The molecule has 0 spiro atoms. The lowest BCUT2D eigenvalue weighted by molar-refractivity contribution is 0.0952. The minimum absolute atomic E-state index is 0.174. The van der Waals surface area contributed by atoms with Crippen LogP contribution >= 0.6 is 15.9 Å². The second kappa shape index (κ2) is 8.41. The molecule has 0 saturated carbocycles. The molecule has 0 saturated heterocycles. The standard InChI is InChI=1S/C23H18BrN3O2/c1-29-22-7-3-2-5-16(22)14-26-23(28)19-12-21(15-6-4-10-25-13-15)27-20-9-8-17(24)11-18(19)20/h2-13H,14H2,1H3,(H,26,28). The minimum atomic E-state index is -0.174. The molecular weight excluding hydrogens is 430 g/mol. The summed E-state index contributed by atoms with van der Waals surface area (Å²) >= 11 is 3.49. The predicted octanol–water partition coefficient (Wildman–Crippen LogP) is 5.00. The molecule has 1 N–H and O–H groups in total. The summed E-state index contributed by atoms with van der Waals surface area (Å²) in [7, 11) is 1.62. The van der Waals surface area contributed by atoms with Gasteiger partial charge in [0.25, 0.3) is 5.91 Å². The van der Waals surface area contributed by atoms with E-state index in [4.69, 9.17) is 9.72 Å². The molecule has 0 atom stereocenters. The van der Waals surface area contributed by atoms with Crippen LogP contribution in [0, 0.1) is 0 Å². The Morgan fingerprint density at radius 1 is 1.10 bits per heavy atom. The summed E-state index contributed by atoms with van der Waals surface area (Å²) < 4.78 is 6.26. The van der Waals surface area contributed by atoms with Gasteiger partial charge in [-0.15, -0.1) is 0 Å². The highest BCUT2D eigenvalue weighted by Gasteiger charge is 2.15. The zero-order valence-corrected chi connectivity index (χ0v) is 17.3. The van der Waals surface area contributed by atoms with E-state index in [1.54, 1.807) is 19.5 Å². The number of halogens is 1. The molecule has 2 heterocycles. The molecule has 0 radical (unpaired) electrons. The SMILES string of the molecule is COc1ccccc1CNC(=O)c1cc(-c2cccnc2)nc2ccc(Br)cc12. The van der Waals surface area contributed by atoms with Crippen LogP contribution in [0.4, 0.5) is 0 Å². The number of para-hydroxylation sites is 1. The Balaban J connectivity index is 1.73. The first-order valence-electron chi connectivity index (χ1n) is 9.06. The highest BCUT2D eigenvalue weighted by molar-refractivity contribution is 9.10. The second-order valence-electron chi connectivity index (χ2n) is 6.45. The van der Waals surface area contributed by atoms with Gasteiger partial charge < -0.3 is 10.1 Å². The third-order valence-corrected chi connectivity index (χ3v) is 5.10. The van der Waals surface area contributed by atoms with Gasteiger partial charge in [0.2, 0.25) is 0 Å². The zero-order valence-electron chi connectivity index (χ0n) is 15.7. The fourth-order valence-electron chi connectivity index (χ4n) is 3.17. The van der Waals surface area contributed by atoms with E-state index < -0.39 is 0 Å². The number of nitrogens with one attached hydrogen (secondary N) is 1. The maximum absolute atomic E-state index is 13.1. The van der Waals surface area contributed by atoms with Crippen molar-refractivity contribution < 1.29 is 9.53 Å². The maximum Gasteiger partial charge on any atom is 0.252 e. The van der Waals surface area contributed by atoms with Crippen molar-refractivity contribution in [1.29, 1.82) is 0 Å². The van der Waals surface area contributed by atoms with Gasteiger partial charge >= 0.3 is 0 Å². The number of pyridine rings is 2. The summed E-state index contributed by atoms with van der Waals surface area (Å²) in [5.74, 6) is 0.567. The smallest absolute Gasteiger partial charge is 0.252 e. The highest BCUT2D eigenvalue weighted by Crippen LogP contribution is 2.27. The van der Waals surface area contributed by atoms with Gasteiger partial charge in [-0.25, -0.2) is 4.98 Å². The van der Waals surface area contributed by atoms with E-state index in [9.17, 15) is 4.79 Å². The highest BCUT2D eigenvalue weighted by atomic mass is 79.9. The average Bonchev–Trinajstić information content (AvgIpc) is 2.77. The first-order valence-corrected chi connectivity index (χ1v) is 9.86. The van der Waals surface area contributed by atoms with E-state index in [2.05, 4.69) is 26.2 Å². The number of rotatable bonds is 5. The fourth-order valence-corrected chi connectivity index (χ4v) is 3.53. The summed E-state index contributed by atoms with van der Waals surface area (Å²) in [6.45, 7) is 0.364. The van der Waals surface area contributed by atoms with Crippen LogP contribution in [0.25, 0.3) is 22.2 Å². The summed E-state index contributed by atoms with van der Waals surface area (Å²) in [4.78, 5) is 22.0.